The molecule has 3 heteroatoms. The van der Waals surface area contributed by atoms with Crippen LogP contribution in [0.25, 0.3) is 0 Å². The molecule has 0 aliphatic rings. The van der Waals surface area contributed by atoms with Gasteiger partial charge in [-0.2, -0.15) is 0 Å². The quantitative estimate of drug-likeness (QED) is 0.821. The second-order valence-corrected chi connectivity index (χ2v) is 5.86. The average molecular weight is 297 g/mol. The van der Waals surface area contributed by atoms with Crippen molar-refractivity contribution >= 4 is 5.97 Å². The SMILES string of the molecule is CC(C)c1ccc(CNC(Cc2ccccc2)C(=O)O)cc1. The van der Waals surface area contributed by atoms with Gasteiger partial charge in [0.05, 0.1) is 0 Å². The molecule has 2 N–H and O–H groups in total. The van der Waals surface area contributed by atoms with Gasteiger partial charge in [-0.15, -0.1) is 0 Å². The lowest BCUT2D eigenvalue weighted by Gasteiger charge is -2.15. The molecule has 1 atom stereocenters. The molecule has 0 radical (unpaired) electrons. The Bertz CT molecular complexity index is 591. The lowest BCUT2D eigenvalue weighted by Crippen LogP contribution is -2.38. The summed E-state index contributed by atoms with van der Waals surface area (Å²) in [5.74, 6) is -0.311. The summed E-state index contributed by atoms with van der Waals surface area (Å²) in [5.41, 5.74) is 3.42. The standard InChI is InChI=1S/C19H23NO2/c1-14(2)17-10-8-16(9-11-17)13-20-18(19(21)22)12-15-6-4-3-5-7-15/h3-11,14,18,20H,12-13H2,1-2H3,(H,21,22). The number of aliphatic carboxylic acids is 1. The van der Waals surface area contributed by atoms with E-state index in [9.17, 15) is 9.90 Å². The molecule has 0 spiro atoms. The summed E-state index contributed by atoms with van der Waals surface area (Å²) in [4.78, 5) is 11.4. The van der Waals surface area contributed by atoms with Crippen molar-refractivity contribution in [2.45, 2.75) is 38.8 Å². The largest absolute Gasteiger partial charge is 0.480 e. The first-order valence-corrected chi connectivity index (χ1v) is 7.65. The third-order valence-electron chi connectivity index (χ3n) is 3.78. The second kappa shape index (κ2) is 7.76. The fourth-order valence-electron chi connectivity index (χ4n) is 2.36. The molecule has 0 aliphatic heterocycles. The highest BCUT2D eigenvalue weighted by molar-refractivity contribution is 5.73. The number of rotatable bonds is 7. The molecule has 2 rings (SSSR count). The lowest BCUT2D eigenvalue weighted by atomic mass is 10.0. The minimum atomic E-state index is -0.817. The molecule has 1 unspecified atom stereocenters. The van der Waals surface area contributed by atoms with Crippen LogP contribution in [0.3, 0.4) is 0 Å². The smallest absolute Gasteiger partial charge is 0.321 e. The van der Waals surface area contributed by atoms with E-state index in [1.54, 1.807) is 0 Å². The van der Waals surface area contributed by atoms with Gasteiger partial charge >= 0.3 is 5.97 Å². The Labute approximate surface area is 132 Å². The van der Waals surface area contributed by atoms with Crippen molar-refractivity contribution in [3.05, 3.63) is 71.3 Å². The van der Waals surface area contributed by atoms with Crippen molar-refractivity contribution in [1.29, 1.82) is 0 Å². The highest BCUT2D eigenvalue weighted by Crippen LogP contribution is 2.14. The number of hydrogen-bond acceptors (Lipinski definition) is 2. The van der Waals surface area contributed by atoms with Crippen LogP contribution < -0.4 is 5.32 Å². The third-order valence-corrected chi connectivity index (χ3v) is 3.78. The van der Waals surface area contributed by atoms with Crippen LogP contribution in [-0.2, 0) is 17.8 Å². The van der Waals surface area contributed by atoms with Crippen molar-refractivity contribution < 1.29 is 9.90 Å². The van der Waals surface area contributed by atoms with Crippen LogP contribution in [0.2, 0.25) is 0 Å². The minimum absolute atomic E-state index is 0.486. The van der Waals surface area contributed by atoms with E-state index in [0.717, 1.165) is 11.1 Å². The Morgan fingerprint density at radius 3 is 2.18 bits per heavy atom. The molecular weight excluding hydrogens is 274 g/mol. The van der Waals surface area contributed by atoms with Gasteiger partial charge in [-0.05, 0) is 29.0 Å². The van der Waals surface area contributed by atoms with Gasteiger partial charge in [-0.3, -0.25) is 4.79 Å². The van der Waals surface area contributed by atoms with Gasteiger partial charge in [0.15, 0.2) is 0 Å². The molecule has 22 heavy (non-hydrogen) atoms. The molecule has 3 nitrogen and oxygen atoms in total. The van der Waals surface area contributed by atoms with E-state index in [4.69, 9.17) is 0 Å². The Morgan fingerprint density at radius 1 is 1.00 bits per heavy atom. The van der Waals surface area contributed by atoms with Crippen LogP contribution >= 0.6 is 0 Å². The zero-order valence-corrected chi connectivity index (χ0v) is 13.1. The molecule has 0 heterocycles. The van der Waals surface area contributed by atoms with Crippen molar-refractivity contribution in [2.75, 3.05) is 0 Å². The van der Waals surface area contributed by atoms with Crippen LogP contribution in [0.1, 0.15) is 36.5 Å². The molecule has 0 bridgehead atoms. The number of carbonyl (C=O) groups is 1. The summed E-state index contributed by atoms with van der Waals surface area (Å²) in [7, 11) is 0. The Morgan fingerprint density at radius 2 is 1.64 bits per heavy atom. The molecular formula is C19H23NO2. The molecule has 0 fully saturated rings. The van der Waals surface area contributed by atoms with Gasteiger partial charge in [0.1, 0.15) is 6.04 Å². The van der Waals surface area contributed by atoms with Crippen molar-refractivity contribution in [1.82, 2.24) is 5.32 Å². The second-order valence-electron chi connectivity index (χ2n) is 5.86. The van der Waals surface area contributed by atoms with E-state index in [1.165, 1.54) is 5.56 Å². The third kappa shape index (κ3) is 4.71. The maximum absolute atomic E-state index is 11.4. The summed E-state index contributed by atoms with van der Waals surface area (Å²) in [5, 5.41) is 12.5. The summed E-state index contributed by atoms with van der Waals surface area (Å²) >= 11 is 0. The molecule has 0 aliphatic carbocycles. The number of nitrogens with one attached hydrogen (secondary N) is 1. The summed E-state index contributed by atoms with van der Waals surface area (Å²) in [6, 6.07) is 17.5. The van der Waals surface area contributed by atoms with Gasteiger partial charge in [0, 0.05) is 6.54 Å². The highest BCUT2D eigenvalue weighted by Gasteiger charge is 2.17. The van der Waals surface area contributed by atoms with Crippen molar-refractivity contribution in [3.8, 4) is 0 Å². The van der Waals surface area contributed by atoms with Crippen LogP contribution in [0.4, 0.5) is 0 Å². The molecule has 0 amide bonds. The van der Waals surface area contributed by atoms with Gasteiger partial charge < -0.3 is 10.4 Å². The maximum Gasteiger partial charge on any atom is 0.321 e. The number of carboxylic acid groups (broad SMARTS) is 1. The van der Waals surface area contributed by atoms with Crippen molar-refractivity contribution in [2.24, 2.45) is 0 Å². The number of carboxylic acids is 1. The lowest BCUT2D eigenvalue weighted by molar-refractivity contribution is -0.139. The first-order valence-electron chi connectivity index (χ1n) is 7.65. The highest BCUT2D eigenvalue weighted by atomic mass is 16.4. The van der Waals surface area contributed by atoms with E-state index < -0.39 is 12.0 Å². The fourth-order valence-corrected chi connectivity index (χ4v) is 2.36. The van der Waals surface area contributed by atoms with Crippen LogP contribution in [0.5, 0.6) is 0 Å². The summed E-state index contributed by atoms with van der Waals surface area (Å²) in [6.45, 7) is 4.88. The van der Waals surface area contributed by atoms with Crippen LogP contribution in [0.15, 0.2) is 54.6 Å². The van der Waals surface area contributed by atoms with Gasteiger partial charge in [-0.1, -0.05) is 68.4 Å². The molecule has 0 saturated heterocycles. The normalized spacial score (nSPS) is 12.3. The van der Waals surface area contributed by atoms with Crippen LogP contribution in [0, 0.1) is 0 Å². The molecule has 2 aromatic carbocycles. The minimum Gasteiger partial charge on any atom is -0.480 e. The predicted molar refractivity (Wildman–Crippen MR) is 88.9 cm³/mol. The number of hydrogen-bond donors (Lipinski definition) is 2. The Balaban J connectivity index is 1.95. The van der Waals surface area contributed by atoms with Crippen molar-refractivity contribution in [3.63, 3.8) is 0 Å². The topological polar surface area (TPSA) is 49.3 Å². The molecule has 0 saturated carbocycles. The zero-order valence-electron chi connectivity index (χ0n) is 13.1. The Kier molecular flexibility index (Phi) is 5.73. The zero-order chi connectivity index (χ0) is 15.9. The average Bonchev–Trinajstić information content (AvgIpc) is 2.52. The first kappa shape index (κ1) is 16.2. The van der Waals surface area contributed by atoms with E-state index in [-0.39, 0.29) is 0 Å². The maximum atomic E-state index is 11.4. The van der Waals surface area contributed by atoms with E-state index in [1.807, 2.05) is 30.3 Å². The number of benzene rings is 2. The monoisotopic (exact) mass is 297 g/mol. The van der Waals surface area contributed by atoms with E-state index in [0.29, 0.717) is 18.9 Å². The van der Waals surface area contributed by atoms with Gasteiger partial charge in [0.2, 0.25) is 0 Å². The summed E-state index contributed by atoms with van der Waals surface area (Å²) in [6.07, 6.45) is 0.486. The first-order chi connectivity index (χ1) is 10.6. The van der Waals surface area contributed by atoms with Gasteiger partial charge in [0.25, 0.3) is 0 Å². The van der Waals surface area contributed by atoms with E-state index >= 15 is 0 Å². The molecule has 0 aromatic heterocycles. The predicted octanol–water partition coefficient (Wildman–Crippen LogP) is 3.60. The molecule has 116 valence electrons. The summed E-state index contributed by atoms with van der Waals surface area (Å²) < 4.78 is 0. The Hall–Kier alpha value is -2.13. The molecule has 2 aromatic rings. The van der Waals surface area contributed by atoms with E-state index in [2.05, 4.69) is 43.4 Å². The van der Waals surface area contributed by atoms with Gasteiger partial charge in [-0.25, -0.2) is 0 Å². The fraction of sp³-hybridized carbons (Fsp3) is 0.316. The van der Waals surface area contributed by atoms with Crippen LogP contribution in [-0.4, -0.2) is 17.1 Å².